The number of benzene rings is 2. The number of nitrogens with one attached hydrogen (secondary N) is 2. The van der Waals surface area contributed by atoms with Crippen molar-refractivity contribution in [2.45, 2.75) is 101 Å². The molecule has 2 fully saturated rings. The first-order valence-electron chi connectivity index (χ1n) is 14.5. The fraction of sp³-hybridized carbons (Fsp3) is 0.562. The lowest BCUT2D eigenvalue weighted by atomic mass is 9.61. The summed E-state index contributed by atoms with van der Waals surface area (Å²) in [6.07, 6.45) is 4.42. The zero-order valence-corrected chi connectivity index (χ0v) is 25.7. The Balaban J connectivity index is 1.85. The van der Waals surface area contributed by atoms with Crippen LogP contribution in [0.25, 0.3) is 0 Å². The minimum absolute atomic E-state index is 0.0180. The summed E-state index contributed by atoms with van der Waals surface area (Å²) in [7, 11) is 0. The molecule has 0 bridgehead atoms. The van der Waals surface area contributed by atoms with Crippen LogP contribution < -0.4 is 10.6 Å². The van der Waals surface area contributed by atoms with Crippen LogP contribution in [0.4, 0.5) is 8.78 Å². The fourth-order valence-corrected chi connectivity index (χ4v) is 7.18. The summed E-state index contributed by atoms with van der Waals surface area (Å²) in [5.41, 5.74) is -3.19. The molecule has 6 nitrogen and oxygen atoms in total. The highest BCUT2D eigenvalue weighted by Gasteiger charge is 2.61. The summed E-state index contributed by atoms with van der Waals surface area (Å²) in [6.45, 7) is 5.10. The number of aliphatic hydroxyl groups is 2. The second kappa shape index (κ2) is 12.8. The molecular formula is C32H39Cl2F2N3O3. The third-order valence-corrected chi connectivity index (χ3v) is 9.73. The molecule has 1 saturated heterocycles. The molecule has 2 aromatic rings. The Labute approximate surface area is 256 Å². The van der Waals surface area contributed by atoms with Gasteiger partial charge in [0.15, 0.2) is 0 Å². The third-order valence-electron chi connectivity index (χ3n) is 9.21. The van der Waals surface area contributed by atoms with E-state index in [1.54, 1.807) is 6.07 Å². The molecule has 42 heavy (non-hydrogen) atoms. The van der Waals surface area contributed by atoms with Gasteiger partial charge in [-0.15, -0.1) is 0 Å². The van der Waals surface area contributed by atoms with E-state index in [2.05, 4.69) is 23.6 Å². The molecule has 2 aliphatic rings. The average Bonchev–Trinajstić information content (AvgIpc) is 3.23. The number of hydrogen-bond acceptors (Lipinski definition) is 5. The Morgan fingerprint density at radius 3 is 2.52 bits per heavy atom. The van der Waals surface area contributed by atoms with Crippen LogP contribution in [0.15, 0.2) is 36.4 Å². The summed E-state index contributed by atoms with van der Waals surface area (Å²) < 4.78 is 31.7. The van der Waals surface area contributed by atoms with Crippen LogP contribution in [-0.4, -0.2) is 46.5 Å². The molecule has 5 atom stereocenters. The summed E-state index contributed by atoms with van der Waals surface area (Å²) in [4.78, 5) is 13.9. The van der Waals surface area contributed by atoms with E-state index in [0.717, 1.165) is 38.2 Å². The first kappa shape index (κ1) is 32.6. The van der Waals surface area contributed by atoms with Crippen LogP contribution in [0.3, 0.4) is 0 Å². The van der Waals surface area contributed by atoms with Crippen molar-refractivity contribution in [3.8, 4) is 6.07 Å². The molecule has 1 heterocycles. The lowest BCUT2D eigenvalue weighted by molar-refractivity contribution is -0.123. The number of nitrogens with zero attached hydrogens (tertiary/aromatic N) is 1. The monoisotopic (exact) mass is 621 g/mol. The van der Waals surface area contributed by atoms with E-state index >= 15 is 8.78 Å². The van der Waals surface area contributed by atoms with Crippen molar-refractivity contribution < 1.29 is 23.8 Å². The molecule has 1 amide bonds. The Morgan fingerprint density at radius 2 is 1.90 bits per heavy atom. The topological polar surface area (TPSA) is 105 Å². The van der Waals surface area contributed by atoms with Gasteiger partial charge >= 0.3 is 0 Å². The van der Waals surface area contributed by atoms with Crippen LogP contribution in [-0.2, 0) is 10.2 Å². The third kappa shape index (κ3) is 6.46. The number of aliphatic hydroxyl groups excluding tert-OH is 1. The quantitative estimate of drug-likeness (QED) is 0.268. The minimum Gasteiger partial charge on any atom is -0.390 e. The first-order valence-corrected chi connectivity index (χ1v) is 15.2. The second-order valence-corrected chi connectivity index (χ2v) is 13.6. The van der Waals surface area contributed by atoms with Gasteiger partial charge in [-0.2, -0.15) is 5.26 Å². The lowest BCUT2D eigenvalue weighted by Gasteiger charge is -2.41. The summed E-state index contributed by atoms with van der Waals surface area (Å²) in [6, 6.07) is 9.01. The number of amides is 1. The predicted molar refractivity (Wildman–Crippen MR) is 159 cm³/mol. The zero-order valence-electron chi connectivity index (χ0n) is 24.2. The maximum atomic E-state index is 15.8. The van der Waals surface area contributed by atoms with Gasteiger partial charge in [-0.1, -0.05) is 67.6 Å². The Hall–Kier alpha value is -2.28. The van der Waals surface area contributed by atoms with Crippen molar-refractivity contribution in [1.82, 2.24) is 10.6 Å². The number of carbonyl (C=O) groups is 1. The smallest absolute Gasteiger partial charge is 0.237 e. The minimum atomic E-state index is -1.70. The maximum absolute atomic E-state index is 15.8. The van der Waals surface area contributed by atoms with E-state index in [1.165, 1.54) is 38.1 Å². The molecule has 0 unspecified atom stereocenters. The number of halogens is 4. The Morgan fingerprint density at radius 1 is 1.21 bits per heavy atom. The van der Waals surface area contributed by atoms with Crippen molar-refractivity contribution in [1.29, 1.82) is 5.26 Å². The van der Waals surface area contributed by atoms with Gasteiger partial charge in [-0.05, 0) is 68.7 Å². The molecule has 4 rings (SSSR count). The highest BCUT2D eigenvalue weighted by Crippen LogP contribution is 2.54. The summed E-state index contributed by atoms with van der Waals surface area (Å²) >= 11 is 12.3. The van der Waals surface area contributed by atoms with Gasteiger partial charge in [0.1, 0.15) is 17.0 Å². The molecule has 1 saturated carbocycles. The molecule has 228 valence electrons. The van der Waals surface area contributed by atoms with Crippen molar-refractivity contribution in [3.05, 3.63) is 69.2 Å². The molecule has 0 radical (unpaired) electrons. The molecule has 4 N–H and O–H groups in total. The van der Waals surface area contributed by atoms with E-state index in [0.29, 0.717) is 6.42 Å². The van der Waals surface area contributed by atoms with E-state index in [4.69, 9.17) is 23.2 Å². The fourth-order valence-electron chi connectivity index (χ4n) is 6.84. The van der Waals surface area contributed by atoms with Crippen LogP contribution >= 0.6 is 23.2 Å². The SMILES string of the molecule is CC1(C[C@H]2N[C@H](C(=O)NCC[C@H](O)C(C)(C)O)[C@@H](c3cccc(Cl)c3F)[C@]2(C#N)c2ccc(Cl)cc2F)CCCCC1. The van der Waals surface area contributed by atoms with Gasteiger partial charge in [0.25, 0.3) is 0 Å². The molecule has 1 aliphatic heterocycles. The summed E-state index contributed by atoms with van der Waals surface area (Å²) in [5.74, 6) is -3.19. The maximum Gasteiger partial charge on any atom is 0.237 e. The van der Waals surface area contributed by atoms with Crippen LogP contribution in [0, 0.1) is 28.4 Å². The van der Waals surface area contributed by atoms with Crippen molar-refractivity contribution in [3.63, 3.8) is 0 Å². The number of carbonyl (C=O) groups excluding carboxylic acids is 1. The largest absolute Gasteiger partial charge is 0.390 e. The van der Waals surface area contributed by atoms with Gasteiger partial charge in [-0.3, -0.25) is 4.79 Å². The van der Waals surface area contributed by atoms with Gasteiger partial charge in [0, 0.05) is 29.1 Å². The molecule has 10 heteroatoms. The van der Waals surface area contributed by atoms with Gasteiger partial charge in [0.05, 0.1) is 28.8 Å². The zero-order chi connectivity index (χ0) is 30.9. The molecule has 1 aliphatic carbocycles. The number of hydrogen-bond donors (Lipinski definition) is 4. The highest BCUT2D eigenvalue weighted by molar-refractivity contribution is 6.31. The highest BCUT2D eigenvalue weighted by atomic mass is 35.5. The lowest BCUT2D eigenvalue weighted by Crippen LogP contribution is -2.47. The average molecular weight is 623 g/mol. The normalized spacial score (nSPS) is 26.4. The van der Waals surface area contributed by atoms with Crippen LogP contribution in [0.2, 0.25) is 10.0 Å². The van der Waals surface area contributed by atoms with E-state index < -0.39 is 52.7 Å². The molecule has 0 aromatic heterocycles. The first-order chi connectivity index (χ1) is 19.7. The molecule has 0 spiro atoms. The molecule has 2 aromatic carbocycles. The van der Waals surface area contributed by atoms with E-state index in [1.807, 2.05) is 0 Å². The van der Waals surface area contributed by atoms with Gasteiger partial charge in [-0.25, -0.2) is 8.78 Å². The Bertz CT molecular complexity index is 1340. The van der Waals surface area contributed by atoms with Gasteiger partial charge in [0.2, 0.25) is 5.91 Å². The number of nitriles is 1. The van der Waals surface area contributed by atoms with Gasteiger partial charge < -0.3 is 20.8 Å². The number of rotatable bonds is 9. The van der Waals surface area contributed by atoms with Crippen molar-refractivity contribution >= 4 is 29.1 Å². The Kier molecular flexibility index (Phi) is 9.91. The van der Waals surface area contributed by atoms with Crippen LogP contribution in [0.5, 0.6) is 0 Å². The van der Waals surface area contributed by atoms with Crippen LogP contribution in [0.1, 0.15) is 82.8 Å². The van der Waals surface area contributed by atoms with E-state index in [9.17, 15) is 20.3 Å². The van der Waals surface area contributed by atoms with E-state index in [-0.39, 0.29) is 39.6 Å². The second-order valence-electron chi connectivity index (χ2n) is 12.7. The van der Waals surface area contributed by atoms with Crippen molar-refractivity contribution in [2.24, 2.45) is 5.41 Å². The summed E-state index contributed by atoms with van der Waals surface area (Å²) in [5, 5.41) is 37.5. The predicted octanol–water partition coefficient (Wildman–Crippen LogP) is 6.16. The van der Waals surface area contributed by atoms with Crippen molar-refractivity contribution in [2.75, 3.05) is 6.54 Å². The standard InChI is InChI=1S/C32H39Cl2F2N3O3/c1-30(2,42)25(40)12-15-38-29(41)28-26(20-8-7-9-22(34)27(20)36)32(18-37,21-11-10-19(33)16-23(21)35)24(39-28)17-31(3)13-5-4-6-14-31/h7-11,16,24-26,28,39-40,42H,4-6,12-15,17H2,1-3H3,(H,38,41)/t24-,25+,26-,28+,32-/m1/s1. The molecular weight excluding hydrogens is 583 g/mol.